The summed E-state index contributed by atoms with van der Waals surface area (Å²) >= 11 is 0. The molecule has 8 heteroatoms. The van der Waals surface area contributed by atoms with E-state index in [4.69, 9.17) is 0 Å². The van der Waals surface area contributed by atoms with Gasteiger partial charge in [0.1, 0.15) is 11.7 Å². The fourth-order valence-corrected chi connectivity index (χ4v) is 5.56. The number of hydrogen-bond acceptors (Lipinski definition) is 5. The molecule has 0 unspecified atom stereocenters. The third-order valence-electron chi connectivity index (χ3n) is 7.88. The van der Waals surface area contributed by atoms with E-state index in [0.717, 1.165) is 60.8 Å². The number of benzene rings is 3. The van der Waals surface area contributed by atoms with Crippen molar-refractivity contribution in [3.63, 3.8) is 0 Å². The number of hydrogen-bond donors (Lipinski definition) is 3. The second kappa shape index (κ2) is 17.1. The first kappa shape index (κ1) is 33.3. The van der Waals surface area contributed by atoms with Crippen molar-refractivity contribution in [1.82, 2.24) is 25.8 Å². The predicted molar refractivity (Wildman–Crippen MR) is 180 cm³/mol. The normalized spacial score (nSPS) is 12.4. The molecule has 4 rings (SSSR count). The number of nitrogens with zero attached hydrogens (tertiary/aromatic N) is 2. The zero-order chi connectivity index (χ0) is 32.0. The Morgan fingerprint density at radius 2 is 1.49 bits per heavy atom. The molecule has 3 aromatic carbocycles. The maximum atomic E-state index is 13.7. The topological polar surface area (TPSA) is 103 Å². The number of pyridine rings is 1. The van der Waals surface area contributed by atoms with Crippen molar-refractivity contribution in [3.05, 3.63) is 114 Å². The fourth-order valence-electron chi connectivity index (χ4n) is 5.56. The maximum Gasteiger partial charge on any atom is 0.270 e. The lowest BCUT2D eigenvalue weighted by atomic mass is 9.99. The molecule has 0 saturated heterocycles. The summed E-state index contributed by atoms with van der Waals surface area (Å²) in [6, 6.07) is 25.5. The highest BCUT2D eigenvalue weighted by Gasteiger charge is 2.24. The third-order valence-corrected chi connectivity index (χ3v) is 7.88. The van der Waals surface area contributed by atoms with Crippen LogP contribution in [-0.4, -0.2) is 53.3 Å². The summed E-state index contributed by atoms with van der Waals surface area (Å²) in [7, 11) is 0. The van der Waals surface area contributed by atoms with Crippen molar-refractivity contribution in [2.45, 2.75) is 65.1 Å². The Balaban J connectivity index is 1.42. The van der Waals surface area contributed by atoms with Crippen LogP contribution in [0.2, 0.25) is 0 Å². The highest BCUT2D eigenvalue weighted by Crippen LogP contribution is 2.24. The summed E-state index contributed by atoms with van der Waals surface area (Å²) in [5.74, 6) is -0.772. The van der Waals surface area contributed by atoms with E-state index in [1.807, 2.05) is 31.2 Å². The fraction of sp³-hybridized carbons (Fsp3) is 0.351. The van der Waals surface area contributed by atoms with E-state index >= 15 is 0 Å². The number of aromatic nitrogens is 1. The highest BCUT2D eigenvalue weighted by atomic mass is 16.2. The molecule has 0 saturated carbocycles. The van der Waals surface area contributed by atoms with Gasteiger partial charge in [-0.1, -0.05) is 74.5 Å². The van der Waals surface area contributed by atoms with Crippen LogP contribution < -0.4 is 16.0 Å². The smallest absolute Gasteiger partial charge is 0.270 e. The van der Waals surface area contributed by atoms with Gasteiger partial charge in [-0.25, -0.2) is 0 Å². The van der Waals surface area contributed by atoms with E-state index in [1.165, 1.54) is 0 Å². The highest BCUT2D eigenvalue weighted by molar-refractivity contribution is 5.98. The molecule has 3 amide bonds. The van der Waals surface area contributed by atoms with Gasteiger partial charge in [0.15, 0.2) is 0 Å². The molecule has 2 atom stereocenters. The molecule has 4 aromatic rings. The van der Waals surface area contributed by atoms with Crippen molar-refractivity contribution in [2.24, 2.45) is 0 Å². The summed E-state index contributed by atoms with van der Waals surface area (Å²) in [5, 5.41) is 11.2. The van der Waals surface area contributed by atoms with Gasteiger partial charge in [-0.05, 0) is 98.4 Å². The molecule has 0 aliphatic carbocycles. The number of rotatable bonds is 16. The number of fused-ring (bicyclic) bond motifs is 1. The van der Waals surface area contributed by atoms with Crippen LogP contribution in [0.5, 0.6) is 0 Å². The lowest BCUT2D eigenvalue weighted by molar-refractivity contribution is -0.123. The van der Waals surface area contributed by atoms with Gasteiger partial charge in [-0.2, -0.15) is 0 Å². The van der Waals surface area contributed by atoms with E-state index in [0.29, 0.717) is 24.2 Å². The minimum absolute atomic E-state index is 0.199. The molecule has 0 radical (unpaired) electrons. The molecule has 0 aliphatic heterocycles. The summed E-state index contributed by atoms with van der Waals surface area (Å²) in [5.41, 5.74) is 2.68. The Morgan fingerprint density at radius 3 is 2.20 bits per heavy atom. The van der Waals surface area contributed by atoms with Crippen LogP contribution in [-0.2, 0) is 11.3 Å². The molecule has 0 bridgehead atoms. The average molecular weight is 608 g/mol. The molecule has 1 heterocycles. The second-order valence-corrected chi connectivity index (χ2v) is 11.4. The molecule has 3 N–H and O–H groups in total. The molecule has 0 fully saturated rings. The standard InChI is InChI=1S/C37H45N5O3/c1-4-23-42(24-5-2)25-11-17-34(37(45)40-27(3)31-15-10-13-29-12-6-7-14-32(29)31)41-35(43)30-20-18-28(19-21-30)26-39-36(44)33-16-8-9-22-38-33/h6-10,12-16,18-22,27,34H,4-5,11,17,23-26H2,1-3H3,(H,39,44)(H,40,45)(H,41,43)/t27-,34-/m0/s1. The molecular formula is C37H45N5O3. The Kier molecular flexibility index (Phi) is 12.6. The Hall–Kier alpha value is -4.56. The molecule has 0 aliphatic rings. The van der Waals surface area contributed by atoms with Crippen LogP contribution >= 0.6 is 0 Å². The first-order valence-corrected chi connectivity index (χ1v) is 16.0. The van der Waals surface area contributed by atoms with E-state index in [2.05, 4.69) is 57.9 Å². The zero-order valence-corrected chi connectivity index (χ0v) is 26.6. The minimum atomic E-state index is -0.683. The van der Waals surface area contributed by atoms with E-state index in [9.17, 15) is 14.4 Å². The zero-order valence-electron chi connectivity index (χ0n) is 26.6. The first-order valence-electron chi connectivity index (χ1n) is 16.0. The lowest BCUT2D eigenvalue weighted by Crippen LogP contribution is -2.47. The van der Waals surface area contributed by atoms with Crippen LogP contribution in [0.1, 0.15) is 84.5 Å². The monoisotopic (exact) mass is 607 g/mol. The summed E-state index contributed by atoms with van der Waals surface area (Å²) in [6.07, 6.45) is 5.04. The van der Waals surface area contributed by atoms with Crippen molar-refractivity contribution >= 4 is 28.5 Å². The molecule has 45 heavy (non-hydrogen) atoms. The van der Waals surface area contributed by atoms with Gasteiger partial charge in [0.25, 0.3) is 11.8 Å². The van der Waals surface area contributed by atoms with Crippen LogP contribution in [0, 0.1) is 0 Å². The molecule has 1 aromatic heterocycles. The predicted octanol–water partition coefficient (Wildman–Crippen LogP) is 6.04. The van der Waals surface area contributed by atoms with Crippen molar-refractivity contribution in [2.75, 3.05) is 19.6 Å². The molecule has 0 spiro atoms. The van der Waals surface area contributed by atoms with E-state index < -0.39 is 6.04 Å². The number of carbonyl (C=O) groups is 3. The summed E-state index contributed by atoms with van der Waals surface area (Å²) in [6.45, 7) is 9.54. The van der Waals surface area contributed by atoms with Crippen LogP contribution in [0.3, 0.4) is 0 Å². The van der Waals surface area contributed by atoms with Gasteiger partial charge in [0, 0.05) is 18.3 Å². The quantitative estimate of drug-likeness (QED) is 0.144. The maximum absolute atomic E-state index is 13.7. The van der Waals surface area contributed by atoms with E-state index in [1.54, 1.807) is 48.7 Å². The van der Waals surface area contributed by atoms with Gasteiger partial charge >= 0.3 is 0 Å². The van der Waals surface area contributed by atoms with Gasteiger partial charge in [-0.3, -0.25) is 19.4 Å². The Labute approximate surface area is 266 Å². The molecule has 236 valence electrons. The first-order chi connectivity index (χ1) is 21.9. The van der Waals surface area contributed by atoms with Crippen molar-refractivity contribution in [3.8, 4) is 0 Å². The molecular weight excluding hydrogens is 562 g/mol. The van der Waals surface area contributed by atoms with Crippen LogP contribution in [0.4, 0.5) is 0 Å². The Bertz CT molecular complexity index is 1530. The number of nitrogens with one attached hydrogen (secondary N) is 3. The van der Waals surface area contributed by atoms with Crippen molar-refractivity contribution in [1.29, 1.82) is 0 Å². The third kappa shape index (κ3) is 9.71. The summed E-state index contributed by atoms with van der Waals surface area (Å²) < 4.78 is 0. The largest absolute Gasteiger partial charge is 0.348 e. The van der Waals surface area contributed by atoms with Crippen molar-refractivity contribution < 1.29 is 14.4 Å². The second-order valence-electron chi connectivity index (χ2n) is 11.4. The number of carbonyl (C=O) groups excluding carboxylic acids is 3. The van der Waals surface area contributed by atoms with Crippen LogP contribution in [0.25, 0.3) is 10.8 Å². The van der Waals surface area contributed by atoms with E-state index in [-0.39, 0.29) is 23.8 Å². The van der Waals surface area contributed by atoms with Gasteiger partial charge in [-0.15, -0.1) is 0 Å². The molecule has 8 nitrogen and oxygen atoms in total. The van der Waals surface area contributed by atoms with Gasteiger partial charge in [0.05, 0.1) is 6.04 Å². The minimum Gasteiger partial charge on any atom is -0.348 e. The lowest BCUT2D eigenvalue weighted by Gasteiger charge is -2.25. The number of amides is 3. The van der Waals surface area contributed by atoms with Crippen LogP contribution in [0.15, 0.2) is 91.1 Å². The van der Waals surface area contributed by atoms with Gasteiger partial charge < -0.3 is 20.9 Å². The average Bonchev–Trinajstić information content (AvgIpc) is 3.07. The Morgan fingerprint density at radius 1 is 0.778 bits per heavy atom. The van der Waals surface area contributed by atoms with Gasteiger partial charge in [0.2, 0.25) is 5.91 Å². The summed E-state index contributed by atoms with van der Waals surface area (Å²) in [4.78, 5) is 45.9. The SMILES string of the molecule is CCCN(CCC)CCC[C@H](NC(=O)c1ccc(CNC(=O)c2ccccn2)cc1)C(=O)N[C@@H](C)c1cccc2ccccc12.